The van der Waals surface area contributed by atoms with E-state index in [2.05, 4.69) is 10.3 Å². The van der Waals surface area contributed by atoms with Crippen LogP contribution in [0.3, 0.4) is 0 Å². The van der Waals surface area contributed by atoms with E-state index in [-0.39, 0.29) is 25.5 Å². The van der Waals surface area contributed by atoms with Crippen molar-refractivity contribution in [3.8, 4) is 6.07 Å². The molecule has 11 heteroatoms. The molecule has 1 aliphatic heterocycles. The SMILES string of the molecule is CCC1OCC(n2ccc(NC(=O)c3ccccc3)nc2=O)C(F)C1OP(C)OCCC#N. The normalized spacial score (nSPS) is 23.5. The van der Waals surface area contributed by atoms with Gasteiger partial charge in [-0.25, -0.2) is 9.18 Å². The molecule has 1 N–H and O–H groups in total. The quantitative estimate of drug-likeness (QED) is 0.435. The van der Waals surface area contributed by atoms with Gasteiger partial charge in [0.2, 0.25) is 0 Å². The highest BCUT2D eigenvalue weighted by atomic mass is 31.2. The van der Waals surface area contributed by atoms with E-state index in [1.54, 1.807) is 37.0 Å². The number of rotatable bonds is 9. The van der Waals surface area contributed by atoms with Crippen molar-refractivity contribution in [3.05, 3.63) is 58.6 Å². The van der Waals surface area contributed by atoms with Gasteiger partial charge in [-0.3, -0.25) is 9.36 Å². The zero-order chi connectivity index (χ0) is 23.8. The van der Waals surface area contributed by atoms with Gasteiger partial charge in [-0.2, -0.15) is 10.2 Å². The Bertz CT molecular complexity index is 1030. The summed E-state index contributed by atoms with van der Waals surface area (Å²) >= 11 is 0. The van der Waals surface area contributed by atoms with Crippen LogP contribution < -0.4 is 11.0 Å². The largest absolute Gasteiger partial charge is 0.373 e. The average molecular weight is 476 g/mol. The second-order valence-electron chi connectivity index (χ2n) is 7.37. The van der Waals surface area contributed by atoms with Crippen molar-refractivity contribution < 1.29 is 23.0 Å². The number of hydrogen-bond acceptors (Lipinski definition) is 7. The molecule has 1 fully saturated rings. The Balaban J connectivity index is 1.71. The molecule has 1 aromatic carbocycles. The van der Waals surface area contributed by atoms with Crippen molar-refractivity contribution in [2.75, 3.05) is 25.2 Å². The molecule has 0 bridgehead atoms. The van der Waals surface area contributed by atoms with Crippen LogP contribution in [0.2, 0.25) is 0 Å². The highest BCUT2D eigenvalue weighted by Gasteiger charge is 2.43. The van der Waals surface area contributed by atoms with Crippen LogP contribution in [0, 0.1) is 11.3 Å². The molecule has 0 saturated carbocycles. The van der Waals surface area contributed by atoms with Gasteiger partial charge in [0, 0.05) is 18.4 Å². The Hall–Kier alpha value is -2.70. The second kappa shape index (κ2) is 12.0. The van der Waals surface area contributed by atoms with E-state index >= 15 is 4.39 Å². The van der Waals surface area contributed by atoms with Gasteiger partial charge in [0.15, 0.2) is 14.5 Å². The number of benzene rings is 1. The van der Waals surface area contributed by atoms with Crippen LogP contribution in [0.15, 0.2) is 47.4 Å². The van der Waals surface area contributed by atoms with Crippen LogP contribution in [0.1, 0.15) is 36.2 Å². The standard InChI is InChI=1S/C22H26FN4O5P/c1-3-17-20(32-33(2)31-13-7-11-24)19(23)16(14-30-17)27-12-10-18(26-22(27)29)25-21(28)15-8-5-4-6-9-15/h4-6,8-10,12,16-17,19-20H,3,7,13-14H2,1-2H3,(H,25,26,28,29). The Morgan fingerprint density at radius 1 is 1.39 bits per heavy atom. The first kappa shape index (κ1) is 24.9. The minimum absolute atomic E-state index is 0.0201. The summed E-state index contributed by atoms with van der Waals surface area (Å²) in [4.78, 5) is 28.8. The number of ether oxygens (including phenoxy) is 1. The molecule has 3 rings (SSSR count). The Labute approximate surface area is 192 Å². The van der Waals surface area contributed by atoms with Crippen LogP contribution >= 0.6 is 8.38 Å². The maximum atomic E-state index is 15.5. The van der Waals surface area contributed by atoms with Gasteiger partial charge in [0.05, 0.1) is 37.8 Å². The Morgan fingerprint density at radius 3 is 2.82 bits per heavy atom. The van der Waals surface area contributed by atoms with Crippen molar-refractivity contribution in [2.24, 2.45) is 0 Å². The molecule has 0 radical (unpaired) electrons. The molecule has 0 spiro atoms. The molecular formula is C22H26FN4O5P. The van der Waals surface area contributed by atoms with Gasteiger partial charge in [-0.05, 0) is 24.6 Å². The highest BCUT2D eigenvalue weighted by Crippen LogP contribution is 2.41. The predicted molar refractivity (Wildman–Crippen MR) is 121 cm³/mol. The first-order valence-corrected chi connectivity index (χ1v) is 12.2. The monoisotopic (exact) mass is 476 g/mol. The highest BCUT2D eigenvalue weighted by molar-refractivity contribution is 7.46. The van der Waals surface area contributed by atoms with Gasteiger partial charge in [0.25, 0.3) is 5.91 Å². The predicted octanol–water partition coefficient (Wildman–Crippen LogP) is 3.44. The van der Waals surface area contributed by atoms with Crippen molar-refractivity contribution in [2.45, 2.75) is 44.2 Å². The van der Waals surface area contributed by atoms with Gasteiger partial charge in [-0.15, -0.1) is 0 Å². The summed E-state index contributed by atoms with van der Waals surface area (Å²) in [6, 6.07) is 11.0. The Morgan fingerprint density at radius 2 is 2.15 bits per heavy atom. The molecule has 2 heterocycles. The average Bonchev–Trinajstić information content (AvgIpc) is 2.81. The summed E-state index contributed by atoms with van der Waals surface area (Å²) in [5, 5.41) is 11.2. The maximum absolute atomic E-state index is 15.5. The molecule has 33 heavy (non-hydrogen) atoms. The zero-order valence-electron chi connectivity index (χ0n) is 18.4. The lowest BCUT2D eigenvalue weighted by molar-refractivity contribution is -0.126. The number of hydrogen-bond donors (Lipinski definition) is 1. The van der Waals surface area contributed by atoms with Gasteiger partial charge >= 0.3 is 5.69 Å². The molecule has 1 aromatic heterocycles. The number of nitriles is 1. The number of nitrogens with zero attached hydrogens (tertiary/aromatic N) is 3. The number of anilines is 1. The third kappa shape index (κ3) is 6.42. The molecule has 1 saturated heterocycles. The molecule has 2 aromatic rings. The van der Waals surface area contributed by atoms with E-state index in [0.717, 1.165) is 4.57 Å². The van der Waals surface area contributed by atoms with E-state index < -0.39 is 44.4 Å². The summed E-state index contributed by atoms with van der Waals surface area (Å²) in [6.07, 6.45) is -0.846. The fourth-order valence-corrected chi connectivity index (χ4v) is 4.48. The van der Waals surface area contributed by atoms with Gasteiger partial charge in [-0.1, -0.05) is 25.1 Å². The lowest BCUT2D eigenvalue weighted by atomic mass is 9.97. The maximum Gasteiger partial charge on any atom is 0.349 e. The van der Waals surface area contributed by atoms with E-state index in [1.165, 1.54) is 12.3 Å². The van der Waals surface area contributed by atoms with Crippen molar-refractivity contribution >= 4 is 20.1 Å². The number of amides is 1. The minimum Gasteiger partial charge on any atom is -0.373 e. The number of carbonyl (C=O) groups is 1. The van der Waals surface area contributed by atoms with Crippen LogP contribution in [0.25, 0.3) is 0 Å². The third-order valence-electron chi connectivity index (χ3n) is 5.15. The van der Waals surface area contributed by atoms with Crippen molar-refractivity contribution in [1.29, 1.82) is 5.26 Å². The molecule has 1 amide bonds. The lowest BCUT2D eigenvalue weighted by Crippen LogP contribution is -2.51. The first-order chi connectivity index (χ1) is 15.9. The lowest BCUT2D eigenvalue weighted by Gasteiger charge is -2.39. The van der Waals surface area contributed by atoms with Crippen LogP contribution in [0.5, 0.6) is 0 Å². The number of alkyl halides is 1. The molecule has 176 valence electrons. The fourth-order valence-electron chi connectivity index (χ4n) is 3.48. The molecule has 0 aliphatic carbocycles. The van der Waals surface area contributed by atoms with Crippen LogP contribution in [-0.2, 0) is 13.8 Å². The number of carbonyl (C=O) groups excluding carboxylic acids is 1. The minimum atomic E-state index is -1.54. The van der Waals surface area contributed by atoms with E-state index in [9.17, 15) is 9.59 Å². The number of nitrogens with one attached hydrogen (secondary N) is 1. The summed E-state index contributed by atoms with van der Waals surface area (Å²) < 4.78 is 33.7. The van der Waals surface area contributed by atoms with Crippen LogP contribution in [0.4, 0.5) is 10.2 Å². The fraction of sp³-hybridized carbons (Fsp3) is 0.455. The molecule has 1 aliphatic rings. The zero-order valence-corrected chi connectivity index (χ0v) is 19.3. The van der Waals surface area contributed by atoms with Crippen LogP contribution in [-0.4, -0.2) is 53.7 Å². The summed E-state index contributed by atoms with van der Waals surface area (Å²) in [5.74, 6) is -0.337. The molecule has 5 atom stereocenters. The number of aromatic nitrogens is 2. The van der Waals surface area contributed by atoms with Gasteiger partial charge in [0.1, 0.15) is 11.9 Å². The molecule has 9 nitrogen and oxygen atoms in total. The van der Waals surface area contributed by atoms with Crippen molar-refractivity contribution in [1.82, 2.24) is 9.55 Å². The Kier molecular flexibility index (Phi) is 9.03. The summed E-state index contributed by atoms with van der Waals surface area (Å²) in [5.41, 5.74) is -0.290. The van der Waals surface area contributed by atoms with E-state index in [1.807, 2.05) is 13.0 Å². The van der Waals surface area contributed by atoms with Gasteiger partial charge < -0.3 is 19.1 Å². The number of halogens is 1. The third-order valence-corrected chi connectivity index (χ3v) is 6.24. The summed E-state index contributed by atoms with van der Waals surface area (Å²) in [7, 11) is -1.43. The smallest absolute Gasteiger partial charge is 0.349 e. The second-order valence-corrected chi connectivity index (χ2v) is 8.71. The van der Waals surface area contributed by atoms with Crippen molar-refractivity contribution in [3.63, 3.8) is 0 Å². The molecular weight excluding hydrogens is 450 g/mol. The topological polar surface area (TPSA) is 115 Å². The molecule has 5 unspecified atom stereocenters. The first-order valence-electron chi connectivity index (χ1n) is 10.6. The van der Waals surface area contributed by atoms with E-state index in [0.29, 0.717) is 12.0 Å². The summed E-state index contributed by atoms with van der Waals surface area (Å²) in [6.45, 7) is 3.73. The van der Waals surface area contributed by atoms with E-state index in [4.69, 9.17) is 19.0 Å².